The number of aromatic nitrogens is 5. The summed E-state index contributed by atoms with van der Waals surface area (Å²) in [6.45, 7) is -0.554. The van der Waals surface area contributed by atoms with Gasteiger partial charge in [0.15, 0.2) is 12.1 Å². The van der Waals surface area contributed by atoms with E-state index in [1.807, 2.05) is 0 Å². The molecule has 1 saturated heterocycles. The van der Waals surface area contributed by atoms with E-state index in [4.69, 9.17) is 9.47 Å². The van der Waals surface area contributed by atoms with Gasteiger partial charge in [0, 0.05) is 18.0 Å². The largest absolute Gasteiger partial charge is 0.497 e. The van der Waals surface area contributed by atoms with Gasteiger partial charge in [0.2, 0.25) is 5.82 Å². The van der Waals surface area contributed by atoms with Crippen molar-refractivity contribution in [1.29, 1.82) is 0 Å². The SMILES string of the molecule is COc1cccc(-c2nc(-c3cnccn3)nn2[C@@H]2O[C@H](CO)[C@@H](O)[C@H](O)[C@H]2O)c1. The predicted molar refractivity (Wildman–Crippen MR) is 102 cm³/mol. The van der Waals surface area contributed by atoms with Crippen molar-refractivity contribution in [2.24, 2.45) is 0 Å². The fourth-order valence-corrected chi connectivity index (χ4v) is 3.27. The first-order valence-electron chi connectivity index (χ1n) is 9.21. The Hall–Kier alpha value is -2.96. The first-order valence-corrected chi connectivity index (χ1v) is 9.21. The topological polar surface area (TPSA) is 156 Å². The highest BCUT2D eigenvalue weighted by Gasteiger charge is 2.45. The molecule has 0 radical (unpaired) electrons. The van der Waals surface area contributed by atoms with Crippen LogP contribution in [0.15, 0.2) is 42.9 Å². The molecule has 2 aromatic heterocycles. The summed E-state index contributed by atoms with van der Waals surface area (Å²) in [6.07, 6.45) is -2.37. The number of rotatable bonds is 5. The summed E-state index contributed by atoms with van der Waals surface area (Å²) in [5, 5.41) is 44.8. The summed E-state index contributed by atoms with van der Waals surface area (Å²) < 4.78 is 12.2. The third-order valence-electron chi connectivity index (χ3n) is 4.86. The Morgan fingerprint density at radius 1 is 1.13 bits per heavy atom. The Morgan fingerprint density at radius 3 is 2.67 bits per heavy atom. The van der Waals surface area contributed by atoms with E-state index < -0.39 is 37.3 Å². The Kier molecular flexibility index (Phi) is 5.70. The van der Waals surface area contributed by atoms with Gasteiger partial charge in [0.1, 0.15) is 35.9 Å². The quantitative estimate of drug-likeness (QED) is 0.424. The van der Waals surface area contributed by atoms with E-state index in [1.165, 1.54) is 30.4 Å². The van der Waals surface area contributed by atoms with Crippen molar-refractivity contribution in [1.82, 2.24) is 24.7 Å². The molecule has 3 heterocycles. The van der Waals surface area contributed by atoms with Crippen molar-refractivity contribution >= 4 is 0 Å². The maximum atomic E-state index is 10.6. The molecule has 0 bridgehead atoms. The number of benzene rings is 1. The molecule has 0 aliphatic carbocycles. The van der Waals surface area contributed by atoms with Crippen molar-refractivity contribution in [3.8, 4) is 28.7 Å². The van der Waals surface area contributed by atoms with Crippen LogP contribution in [0.2, 0.25) is 0 Å². The van der Waals surface area contributed by atoms with Crippen LogP contribution in [-0.4, -0.2) is 83.3 Å². The molecule has 1 aliphatic heterocycles. The van der Waals surface area contributed by atoms with Crippen LogP contribution in [0.25, 0.3) is 22.9 Å². The highest BCUT2D eigenvalue weighted by molar-refractivity contribution is 5.61. The summed E-state index contributed by atoms with van der Waals surface area (Å²) in [5.74, 6) is 1.11. The number of hydrogen-bond acceptors (Lipinski definition) is 10. The van der Waals surface area contributed by atoms with Crippen molar-refractivity contribution in [2.45, 2.75) is 30.6 Å². The number of methoxy groups -OCH3 is 1. The van der Waals surface area contributed by atoms with E-state index in [9.17, 15) is 20.4 Å². The number of aliphatic hydroxyl groups is 4. The van der Waals surface area contributed by atoms with Crippen LogP contribution < -0.4 is 4.74 Å². The molecule has 11 nitrogen and oxygen atoms in total. The monoisotopic (exact) mass is 415 g/mol. The van der Waals surface area contributed by atoms with Crippen LogP contribution in [0.4, 0.5) is 0 Å². The predicted octanol–water partition coefficient (Wildman–Crippen LogP) is -0.617. The molecule has 3 aromatic rings. The van der Waals surface area contributed by atoms with Gasteiger partial charge in [-0.3, -0.25) is 4.98 Å². The van der Waals surface area contributed by atoms with Crippen molar-refractivity contribution in [3.05, 3.63) is 42.9 Å². The van der Waals surface area contributed by atoms with Crippen molar-refractivity contribution in [2.75, 3.05) is 13.7 Å². The normalized spacial score (nSPS) is 26.5. The first kappa shape index (κ1) is 20.3. The second-order valence-electron chi connectivity index (χ2n) is 6.75. The van der Waals surface area contributed by atoms with E-state index in [0.29, 0.717) is 22.8 Å². The number of ether oxygens (including phenoxy) is 2. The van der Waals surface area contributed by atoms with Crippen LogP contribution in [0.1, 0.15) is 6.23 Å². The van der Waals surface area contributed by atoms with E-state index >= 15 is 0 Å². The van der Waals surface area contributed by atoms with Gasteiger partial charge in [-0.15, -0.1) is 5.10 Å². The summed E-state index contributed by atoms with van der Waals surface area (Å²) in [4.78, 5) is 12.7. The molecule has 4 N–H and O–H groups in total. The molecule has 5 atom stereocenters. The highest BCUT2D eigenvalue weighted by atomic mass is 16.6. The van der Waals surface area contributed by atoms with Gasteiger partial charge in [0.25, 0.3) is 0 Å². The highest BCUT2D eigenvalue weighted by Crippen LogP contribution is 2.33. The van der Waals surface area contributed by atoms with Gasteiger partial charge in [-0.05, 0) is 12.1 Å². The maximum Gasteiger partial charge on any atom is 0.202 e. The Morgan fingerprint density at radius 2 is 1.97 bits per heavy atom. The lowest BCUT2D eigenvalue weighted by Crippen LogP contribution is -2.56. The molecule has 4 rings (SSSR count). The number of hydrogen-bond donors (Lipinski definition) is 4. The number of nitrogens with zero attached hydrogens (tertiary/aromatic N) is 5. The molecule has 1 fully saturated rings. The average Bonchev–Trinajstić information content (AvgIpc) is 3.23. The minimum atomic E-state index is -1.55. The average molecular weight is 415 g/mol. The Balaban J connectivity index is 1.84. The zero-order valence-electron chi connectivity index (χ0n) is 16.0. The van der Waals surface area contributed by atoms with Crippen LogP contribution in [0.5, 0.6) is 5.75 Å². The third-order valence-corrected chi connectivity index (χ3v) is 4.86. The smallest absolute Gasteiger partial charge is 0.202 e. The lowest BCUT2D eigenvalue weighted by molar-refractivity contribution is -0.253. The molecule has 1 aliphatic rings. The number of aliphatic hydroxyl groups excluding tert-OH is 4. The Labute approximate surface area is 171 Å². The second kappa shape index (κ2) is 8.42. The minimum absolute atomic E-state index is 0.220. The maximum absolute atomic E-state index is 10.6. The zero-order valence-corrected chi connectivity index (χ0v) is 16.0. The van der Waals surface area contributed by atoms with E-state index in [2.05, 4.69) is 20.1 Å². The van der Waals surface area contributed by atoms with Gasteiger partial charge in [-0.1, -0.05) is 12.1 Å². The molecular formula is C19H21N5O6. The fraction of sp³-hybridized carbons (Fsp3) is 0.368. The molecule has 0 saturated carbocycles. The molecule has 11 heteroatoms. The lowest BCUT2D eigenvalue weighted by atomic mass is 9.98. The lowest BCUT2D eigenvalue weighted by Gasteiger charge is -2.40. The first-order chi connectivity index (χ1) is 14.5. The molecule has 30 heavy (non-hydrogen) atoms. The van der Waals surface area contributed by atoms with E-state index in [0.717, 1.165) is 0 Å². The molecular weight excluding hydrogens is 394 g/mol. The standard InChI is InChI=1S/C19H21N5O6/c1-29-11-4-2-3-10(7-11)18-22-17(12-8-20-5-6-21-12)23-24(18)19-16(28)15(27)14(26)13(9-25)30-19/h2-8,13-16,19,25-28H,9H2,1H3/t13-,14-,15+,16-,19-/m1/s1. The van der Waals surface area contributed by atoms with E-state index in [1.54, 1.807) is 24.3 Å². The molecule has 0 unspecified atom stereocenters. The van der Waals surface area contributed by atoms with Gasteiger partial charge < -0.3 is 29.9 Å². The molecule has 0 amide bonds. The zero-order chi connectivity index (χ0) is 21.3. The van der Waals surface area contributed by atoms with Crippen LogP contribution in [-0.2, 0) is 4.74 Å². The van der Waals surface area contributed by atoms with Crippen molar-refractivity contribution in [3.63, 3.8) is 0 Å². The summed E-state index contributed by atoms with van der Waals surface area (Å²) in [7, 11) is 1.53. The van der Waals surface area contributed by atoms with Gasteiger partial charge in [-0.25, -0.2) is 14.6 Å². The third kappa shape index (κ3) is 3.64. The summed E-state index contributed by atoms with van der Waals surface area (Å²) in [5.41, 5.74) is 0.999. The summed E-state index contributed by atoms with van der Waals surface area (Å²) in [6, 6.07) is 7.03. The van der Waals surface area contributed by atoms with Crippen LogP contribution in [0.3, 0.4) is 0 Å². The fourth-order valence-electron chi connectivity index (χ4n) is 3.27. The molecule has 1 aromatic carbocycles. The van der Waals surface area contributed by atoms with Gasteiger partial charge in [0.05, 0.1) is 19.9 Å². The molecule has 0 spiro atoms. The second-order valence-corrected chi connectivity index (χ2v) is 6.75. The van der Waals surface area contributed by atoms with Crippen LogP contribution >= 0.6 is 0 Å². The summed E-state index contributed by atoms with van der Waals surface area (Å²) >= 11 is 0. The van der Waals surface area contributed by atoms with Crippen LogP contribution in [0, 0.1) is 0 Å². The van der Waals surface area contributed by atoms with Gasteiger partial charge >= 0.3 is 0 Å². The van der Waals surface area contributed by atoms with E-state index in [-0.39, 0.29) is 5.82 Å². The van der Waals surface area contributed by atoms with Gasteiger partial charge in [-0.2, -0.15) is 0 Å². The molecule has 158 valence electrons. The minimum Gasteiger partial charge on any atom is -0.497 e. The Bertz CT molecular complexity index is 998. The van der Waals surface area contributed by atoms with Crippen molar-refractivity contribution < 1.29 is 29.9 Å².